The number of nitrogens with zero attached hydrogens (tertiary/aromatic N) is 4. The molecule has 0 aliphatic rings. The molecule has 2 N–H and O–H groups in total. The standard InChI is InChI=1S/C18H16N6OS/c1-11-5-6-13(8-12(11)2)24-17-14(9-21-24)16(19-10-20-17)22-23-18(25)15-4-3-7-26-15/h3-10H,1-2H3,(H,23,25)(H,19,20,22). The average molecular weight is 364 g/mol. The fourth-order valence-electron chi connectivity index (χ4n) is 2.58. The second-order valence-corrected chi connectivity index (χ2v) is 6.79. The molecule has 0 aliphatic carbocycles. The van der Waals surface area contributed by atoms with Gasteiger partial charge in [0.25, 0.3) is 5.91 Å². The molecule has 0 aliphatic heterocycles. The maximum absolute atomic E-state index is 12.1. The number of rotatable bonds is 4. The normalized spacial score (nSPS) is 10.8. The number of benzene rings is 1. The first-order valence-electron chi connectivity index (χ1n) is 8.00. The fraction of sp³-hybridized carbons (Fsp3) is 0.111. The molecule has 3 aromatic heterocycles. The van der Waals surface area contributed by atoms with Crippen molar-refractivity contribution in [3.63, 3.8) is 0 Å². The molecule has 130 valence electrons. The van der Waals surface area contributed by atoms with Crippen molar-refractivity contribution >= 4 is 34.1 Å². The zero-order chi connectivity index (χ0) is 18.1. The van der Waals surface area contributed by atoms with E-state index < -0.39 is 0 Å². The molecule has 0 radical (unpaired) electrons. The Morgan fingerprint density at radius 1 is 1.15 bits per heavy atom. The molecule has 3 heterocycles. The van der Waals surface area contributed by atoms with E-state index in [-0.39, 0.29) is 5.91 Å². The molecule has 1 amide bonds. The molecular weight excluding hydrogens is 348 g/mol. The number of aryl methyl sites for hydroxylation is 2. The summed E-state index contributed by atoms with van der Waals surface area (Å²) in [5, 5.41) is 7.01. The number of hydrogen-bond acceptors (Lipinski definition) is 6. The molecule has 26 heavy (non-hydrogen) atoms. The van der Waals surface area contributed by atoms with Gasteiger partial charge < -0.3 is 0 Å². The predicted octanol–water partition coefficient (Wildman–Crippen LogP) is 3.25. The third kappa shape index (κ3) is 2.91. The minimum absolute atomic E-state index is 0.215. The average Bonchev–Trinajstić information content (AvgIpc) is 3.32. The smallest absolute Gasteiger partial charge is 0.279 e. The van der Waals surface area contributed by atoms with E-state index in [9.17, 15) is 4.79 Å². The largest absolute Gasteiger partial charge is 0.281 e. The Kier molecular flexibility index (Phi) is 4.10. The zero-order valence-electron chi connectivity index (χ0n) is 14.2. The van der Waals surface area contributed by atoms with Crippen LogP contribution < -0.4 is 10.9 Å². The van der Waals surface area contributed by atoms with Gasteiger partial charge in [-0.25, -0.2) is 14.6 Å². The lowest BCUT2D eigenvalue weighted by molar-refractivity contribution is 0.0966. The predicted molar refractivity (Wildman–Crippen MR) is 102 cm³/mol. The Bertz CT molecular complexity index is 1090. The number of hydrazine groups is 1. The van der Waals surface area contributed by atoms with Crippen LogP contribution in [0.1, 0.15) is 20.8 Å². The van der Waals surface area contributed by atoms with Crippen LogP contribution in [0.15, 0.2) is 48.2 Å². The molecule has 0 fully saturated rings. The zero-order valence-corrected chi connectivity index (χ0v) is 15.0. The van der Waals surface area contributed by atoms with E-state index in [1.165, 1.54) is 28.8 Å². The van der Waals surface area contributed by atoms with Crippen LogP contribution in [0, 0.1) is 13.8 Å². The number of nitrogens with one attached hydrogen (secondary N) is 2. The van der Waals surface area contributed by atoms with Crippen LogP contribution >= 0.6 is 11.3 Å². The first-order chi connectivity index (χ1) is 12.6. The van der Waals surface area contributed by atoms with Crippen molar-refractivity contribution in [3.8, 4) is 5.69 Å². The molecule has 0 saturated heterocycles. The Morgan fingerprint density at radius 3 is 2.81 bits per heavy atom. The second kappa shape index (κ2) is 6.57. The van der Waals surface area contributed by atoms with Gasteiger partial charge in [-0.1, -0.05) is 12.1 Å². The van der Waals surface area contributed by atoms with Gasteiger partial charge in [0, 0.05) is 0 Å². The van der Waals surface area contributed by atoms with Crippen molar-refractivity contribution in [2.24, 2.45) is 0 Å². The van der Waals surface area contributed by atoms with Crippen molar-refractivity contribution in [2.45, 2.75) is 13.8 Å². The topological polar surface area (TPSA) is 84.7 Å². The van der Waals surface area contributed by atoms with Gasteiger partial charge >= 0.3 is 0 Å². The molecule has 0 saturated carbocycles. The van der Waals surface area contributed by atoms with E-state index in [1.807, 2.05) is 17.5 Å². The first kappa shape index (κ1) is 16.2. The van der Waals surface area contributed by atoms with Crippen LogP contribution in [-0.2, 0) is 0 Å². The molecule has 1 aromatic carbocycles. The van der Waals surface area contributed by atoms with Crippen molar-refractivity contribution in [1.29, 1.82) is 0 Å². The van der Waals surface area contributed by atoms with Crippen LogP contribution in [0.2, 0.25) is 0 Å². The highest BCUT2D eigenvalue weighted by molar-refractivity contribution is 7.12. The molecular formula is C18H16N6OS. The SMILES string of the molecule is Cc1ccc(-n2ncc3c(NNC(=O)c4cccs4)ncnc32)cc1C. The highest BCUT2D eigenvalue weighted by Gasteiger charge is 2.13. The summed E-state index contributed by atoms with van der Waals surface area (Å²) in [7, 11) is 0. The lowest BCUT2D eigenvalue weighted by Gasteiger charge is -2.08. The van der Waals surface area contributed by atoms with Crippen LogP contribution in [-0.4, -0.2) is 25.7 Å². The molecule has 8 heteroatoms. The number of aromatic nitrogens is 4. The lowest BCUT2D eigenvalue weighted by Crippen LogP contribution is -2.29. The van der Waals surface area contributed by atoms with Crippen LogP contribution in [0.4, 0.5) is 5.82 Å². The van der Waals surface area contributed by atoms with E-state index in [0.29, 0.717) is 16.3 Å². The summed E-state index contributed by atoms with van der Waals surface area (Å²) in [5.74, 6) is 0.281. The van der Waals surface area contributed by atoms with Crippen molar-refractivity contribution in [2.75, 3.05) is 5.43 Å². The van der Waals surface area contributed by atoms with Gasteiger partial charge in [0.15, 0.2) is 11.5 Å². The minimum atomic E-state index is -0.215. The number of amides is 1. The lowest BCUT2D eigenvalue weighted by atomic mass is 10.1. The Labute approximate surface area is 153 Å². The van der Waals surface area contributed by atoms with E-state index in [2.05, 4.69) is 51.9 Å². The molecule has 0 atom stereocenters. The van der Waals surface area contributed by atoms with Crippen LogP contribution in [0.5, 0.6) is 0 Å². The van der Waals surface area contributed by atoms with Gasteiger partial charge in [0.1, 0.15) is 6.33 Å². The molecule has 0 bridgehead atoms. The second-order valence-electron chi connectivity index (χ2n) is 5.84. The maximum Gasteiger partial charge on any atom is 0.279 e. The highest BCUT2D eigenvalue weighted by Crippen LogP contribution is 2.22. The van der Waals surface area contributed by atoms with Crippen molar-refractivity contribution in [1.82, 2.24) is 25.2 Å². The Hall–Kier alpha value is -3.26. The summed E-state index contributed by atoms with van der Waals surface area (Å²) in [6.07, 6.45) is 3.13. The van der Waals surface area contributed by atoms with Gasteiger partial charge in [-0.15, -0.1) is 11.3 Å². The fourth-order valence-corrected chi connectivity index (χ4v) is 3.19. The molecule has 4 rings (SSSR count). The quantitative estimate of drug-likeness (QED) is 0.543. The van der Waals surface area contributed by atoms with Gasteiger partial charge in [-0.05, 0) is 48.6 Å². The molecule has 4 aromatic rings. The number of fused-ring (bicyclic) bond motifs is 1. The minimum Gasteiger partial charge on any atom is -0.281 e. The van der Waals surface area contributed by atoms with Gasteiger partial charge in [-0.3, -0.25) is 15.6 Å². The van der Waals surface area contributed by atoms with Crippen LogP contribution in [0.25, 0.3) is 16.7 Å². The number of carbonyl (C=O) groups is 1. The summed E-state index contributed by atoms with van der Waals surface area (Å²) in [6, 6.07) is 9.71. The summed E-state index contributed by atoms with van der Waals surface area (Å²) in [5.41, 5.74) is 9.51. The van der Waals surface area contributed by atoms with Crippen molar-refractivity contribution < 1.29 is 4.79 Å². The number of anilines is 1. The summed E-state index contributed by atoms with van der Waals surface area (Å²) < 4.78 is 1.76. The van der Waals surface area contributed by atoms with Crippen LogP contribution in [0.3, 0.4) is 0 Å². The molecule has 0 unspecified atom stereocenters. The highest BCUT2D eigenvalue weighted by atomic mass is 32.1. The maximum atomic E-state index is 12.1. The number of hydrogen-bond donors (Lipinski definition) is 2. The number of thiophene rings is 1. The van der Waals surface area contributed by atoms with E-state index in [1.54, 1.807) is 16.9 Å². The third-order valence-corrected chi connectivity index (χ3v) is 5.01. The van der Waals surface area contributed by atoms with E-state index in [4.69, 9.17) is 0 Å². The van der Waals surface area contributed by atoms with Crippen molar-refractivity contribution in [3.05, 3.63) is 64.2 Å². The molecule has 0 spiro atoms. The first-order valence-corrected chi connectivity index (χ1v) is 8.87. The number of carbonyl (C=O) groups excluding carboxylic acids is 1. The Balaban J connectivity index is 1.64. The summed E-state index contributed by atoms with van der Waals surface area (Å²) in [4.78, 5) is 21.3. The Morgan fingerprint density at radius 2 is 2.04 bits per heavy atom. The third-order valence-electron chi connectivity index (χ3n) is 4.14. The van der Waals surface area contributed by atoms with Gasteiger partial charge in [0.05, 0.1) is 22.1 Å². The van der Waals surface area contributed by atoms with Gasteiger partial charge in [-0.2, -0.15) is 5.10 Å². The summed E-state index contributed by atoms with van der Waals surface area (Å²) >= 11 is 1.37. The van der Waals surface area contributed by atoms with Gasteiger partial charge in [0.2, 0.25) is 0 Å². The molecule has 7 nitrogen and oxygen atoms in total. The monoisotopic (exact) mass is 364 g/mol. The van der Waals surface area contributed by atoms with E-state index >= 15 is 0 Å². The summed E-state index contributed by atoms with van der Waals surface area (Å²) in [6.45, 7) is 4.13. The van der Waals surface area contributed by atoms with E-state index in [0.717, 1.165) is 11.1 Å².